The van der Waals surface area contributed by atoms with Crippen molar-refractivity contribution in [2.45, 2.75) is 25.6 Å². The van der Waals surface area contributed by atoms with Crippen LogP contribution in [0, 0.1) is 6.92 Å². The molecule has 16 heavy (non-hydrogen) atoms. The highest BCUT2D eigenvalue weighted by Crippen LogP contribution is 2.15. The predicted octanol–water partition coefficient (Wildman–Crippen LogP) is 0.634. The molecule has 1 aliphatic heterocycles. The second kappa shape index (κ2) is 4.69. The molecule has 0 saturated carbocycles. The van der Waals surface area contributed by atoms with E-state index in [1.54, 1.807) is 6.20 Å². The number of rotatable bonds is 2. The van der Waals surface area contributed by atoms with Gasteiger partial charge in [-0.05, 0) is 14.0 Å². The van der Waals surface area contributed by atoms with Crippen LogP contribution < -0.4 is 5.32 Å². The number of anilines is 1. The van der Waals surface area contributed by atoms with Gasteiger partial charge in [0, 0.05) is 25.6 Å². The molecule has 0 amide bonds. The number of aromatic nitrogens is 3. The fraction of sp³-hybridized carbons (Fsp3) is 0.700. The zero-order chi connectivity index (χ0) is 11.5. The maximum atomic E-state index is 13.3. The van der Waals surface area contributed by atoms with Crippen molar-refractivity contribution in [3.63, 3.8) is 0 Å². The summed E-state index contributed by atoms with van der Waals surface area (Å²) in [4.78, 5) is 6.16. The van der Waals surface area contributed by atoms with Crippen LogP contribution in [0.25, 0.3) is 0 Å². The third-order valence-corrected chi connectivity index (χ3v) is 2.59. The lowest BCUT2D eigenvalue weighted by molar-refractivity contribution is 0.153. The van der Waals surface area contributed by atoms with Gasteiger partial charge in [0.25, 0.3) is 0 Å². The SMILES string of the molecule is Cc1cnnc(NC2CC(F)CN(C)C2)n1. The zero-order valence-corrected chi connectivity index (χ0v) is 9.52. The molecule has 0 bridgehead atoms. The van der Waals surface area contributed by atoms with E-state index in [1.165, 1.54) is 0 Å². The first-order valence-corrected chi connectivity index (χ1v) is 5.39. The fourth-order valence-corrected chi connectivity index (χ4v) is 1.98. The summed E-state index contributed by atoms with van der Waals surface area (Å²) in [5.41, 5.74) is 0.804. The molecule has 88 valence electrons. The molecule has 0 radical (unpaired) electrons. The Balaban J connectivity index is 1.98. The molecule has 2 unspecified atom stereocenters. The Morgan fingerprint density at radius 2 is 2.31 bits per heavy atom. The first-order chi connectivity index (χ1) is 7.63. The molecule has 2 atom stereocenters. The lowest BCUT2D eigenvalue weighted by Crippen LogP contribution is -2.45. The minimum absolute atomic E-state index is 0.0531. The maximum absolute atomic E-state index is 13.3. The molecule has 1 aromatic heterocycles. The van der Waals surface area contributed by atoms with Crippen molar-refractivity contribution in [3.05, 3.63) is 11.9 Å². The number of likely N-dealkylation sites (N-methyl/N-ethyl adjacent to an activating group) is 1. The number of nitrogens with one attached hydrogen (secondary N) is 1. The van der Waals surface area contributed by atoms with E-state index in [9.17, 15) is 4.39 Å². The molecule has 0 aromatic carbocycles. The number of hydrogen-bond donors (Lipinski definition) is 1. The average molecular weight is 225 g/mol. The lowest BCUT2D eigenvalue weighted by atomic mass is 10.1. The summed E-state index contributed by atoms with van der Waals surface area (Å²) >= 11 is 0. The Hall–Kier alpha value is -1.30. The van der Waals surface area contributed by atoms with Crippen molar-refractivity contribution in [3.8, 4) is 0 Å². The summed E-state index contributed by atoms with van der Waals surface area (Å²) in [6.45, 7) is 3.16. The molecule has 1 aliphatic rings. The highest BCUT2D eigenvalue weighted by Gasteiger charge is 2.25. The Kier molecular flexibility index (Phi) is 3.28. The van der Waals surface area contributed by atoms with Crippen LogP contribution in [0.15, 0.2) is 6.20 Å². The minimum Gasteiger partial charge on any atom is -0.349 e. The van der Waals surface area contributed by atoms with E-state index in [4.69, 9.17) is 0 Å². The third kappa shape index (κ3) is 2.85. The Morgan fingerprint density at radius 3 is 3.00 bits per heavy atom. The van der Waals surface area contributed by atoms with Crippen LogP contribution in [0.4, 0.5) is 10.3 Å². The van der Waals surface area contributed by atoms with E-state index in [0.29, 0.717) is 18.9 Å². The minimum atomic E-state index is -0.783. The van der Waals surface area contributed by atoms with Crippen molar-refractivity contribution in [1.29, 1.82) is 0 Å². The third-order valence-electron chi connectivity index (χ3n) is 2.59. The van der Waals surface area contributed by atoms with E-state index in [1.807, 2.05) is 18.9 Å². The molecule has 0 spiro atoms. The van der Waals surface area contributed by atoms with E-state index in [2.05, 4.69) is 20.5 Å². The predicted molar refractivity (Wildman–Crippen MR) is 59.0 cm³/mol. The van der Waals surface area contributed by atoms with Crippen LogP contribution >= 0.6 is 0 Å². The molecule has 1 aromatic rings. The summed E-state index contributed by atoms with van der Waals surface area (Å²) in [5, 5.41) is 10.8. The molecule has 6 heteroatoms. The largest absolute Gasteiger partial charge is 0.349 e. The van der Waals surface area contributed by atoms with Crippen molar-refractivity contribution in [2.75, 3.05) is 25.5 Å². The van der Waals surface area contributed by atoms with Gasteiger partial charge in [-0.1, -0.05) is 0 Å². The van der Waals surface area contributed by atoms with Crippen molar-refractivity contribution >= 4 is 5.95 Å². The molecule has 2 heterocycles. The quantitative estimate of drug-likeness (QED) is 0.800. The summed E-state index contributed by atoms with van der Waals surface area (Å²) in [6.07, 6.45) is 1.31. The number of likely N-dealkylation sites (tertiary alicyclic amines) is 1. The number of alkyl halides is 1. The first kappa shape index (κ1) is 11.2. The van der Waals surface area contributed by atoms with Gasteiger partial charge in [0.1, 0.15) is 6.17 Å². The van der Waals surface area contributed by atoms with Gasteiger partial charge in [-0.3, -0.25) is 0 Å². The van der Waals surface area contributed by atoms with Crippen LogP contribution in [0.1, 0.15) is 12.1 Å². The first-order valence-electron chi connectivity index (χ1n) is 5.39. The van der Waals surface area contributed by atoms with Gasteiger partial charge >= 0.3 is 0 Å². The highest BCUT2D eigenvalue weighted by molar-refractivity contribution is 5.25. The van der Waals surface area contributed by atoms with Crippen molar-refractivity contribution < 1.29 is 4.39 Å². The van der Waals surface area contributed by atoms with Crippen LogP contribution in [0.2, 0.25) is 0 Å². The maximum Gasteiger partial charge on any atom is 0.243 e. The lowest BCUT2D eigenvalue weighted by Gasteiger charge is -2.32. The smallest absolute Gasteiger partial charge is 0.243 e. The van der Waals surface area contributed by atoms with Crippen molar-refractivity contribution in [2.24, 2.45) is 0 Å². The molecular formula is C10H16FN5. The van der Waals surface area contributed by atoms with E-state index >= 15 is 0 Å². The number of halogens is 1. The number of nitrogens with zero attached hydrogens (tertiary/aromatic N) is 4. The molecule has 1 N–H and O–H groups in total. The Morgan fingerprint density at radius 1 is 1.50 bits per heavy atom. The van der Waals surface area contributed by atoms with Crippen LogP contribution in [0.5, 0.6) is 0 Å². The Bertz CT molecular complexity index is 349. The molecule has 1 fully saturated rings. The standard InChI is InChI=1S/C10H16FN5/c1-7-4-12-15-10(13-7)14-9-3-8(11)5-16(2)6-9/h4,8-9H,3,5-6H2,1-2H3,(H,13,14,15). The fourth-order valence-electron chi connectivity index (χ4n) is 1.98. The average Bonchev–Trinajstić information content (AvgIpc) is 2.15. The number of hydrogen-bond acceptors (Lipinski definition) is 5. The van der Waals surface area contributed by atoms with Crippen molar-refractivity contribution in [1.82, 2.24) is 20.1 Å². The van der Waals surface area contributed by atoms with Gasteiger partial charge in [0.15, 0.2) is 0 Å². The highest BCUT2D eigenvalue weighted by atomic mass is 19.1. The molecule has 1 saturated heterocycles. The summed E-state index contributed by atoms with van der Waals surface area (Å²) in [7, 11) is 1.91. The Labute approximate surface area is 94.1 Å². The van der Waals surface area contributed by atoms with Crippen LogP contribution in [-0.4, -0.2) is 52.4 Å². The molecular weight excluding hydrogens is 209 g/mol. The molecule has 2 rings (SSSR count). The van der Waals surface area contributed by atoms with Crippen LogP contribution in [0.3, 0.4) is 0 Å². The number of piperidine rings is 1. The number of aryl methyl sites for hydroxylation is 1. The summed E-state index contributed by atoms with van der Waals surface area (Å²) < 4.78 is 13.3. The van der Waals surface area contributed by atoms with Gasteiger partial charge < -0.3 is 10.2 Å². The molecule has 5 nitrogen and oxygen atoms in total. The zero-order valence-electron chi connectivity index (χ0n) is 9.52. The van der Waals surface area contributed by atoms with E-state index < -0.39 is 6.17 Å². The van der Waals surface area contributed by atoms with Gasteiger partial charge in [-0.25, -0.2) is 9.37 Å². The second-order valence-electron chi connectivity index (χ2n) is 4.32. The van der Waals surface area contributed by atoms with E-state index in [0.717, 1.165) is 12.2 Å². The van der Waals surface area contributed by atoms with Gasteiger partial charge in [-0.15, -0.1) is 5.10 Å². The van der Waals surface area contributed by atoms with Gasteiger partial charge in [0.2, 0.25) is 5.95 Å². The summed E-state index contributed by atoms with van der Waals surface area (Å²) in [5.74, 6) is 0.479. The van der Waals surface area contributed by atoms with E-state index in [-0.39, 0.29) is 6.04 Å². The topological polar surface area (TPSA) is 53.9 Å². The molecule has 0 aliphatic carbocycles. The normalized spacial score (nSPS) is 26.7. The van der Waals surface area contributed by atoms with Gasteiger partial charge in [0.05, 0.1) is 11.9 Å². The van der Waals surface area contributed by atoms with Gasteiger partial charge in [-0.2, -0.15) is 5.10 Å². The summed E-state index contributed by atoms with van der Waals surface area (Å²) in [6, 6.07) is 0.0531. The monoisotopic (exact) mass is 225 g/mol. The second-order valence-corrected chi connectivity index (χ2v) is 4.32. The van der Waals surface area contributed by atoms with Crippen LogP contribution in [-0.2, 0) is 0 Å².